The molecule has 7 nitrogen and oxygen atoms in total. The first-order valence-corrected chi connectivity index (χ1v) is 6.47. The first kappa shape index (κ1) is 14.0. The van der Waals surface area contributed by atoms with E-state index in [-0.39, 0.29) is 5.91 Å². The second kappa shape index (κ2) is 6.14. The molecule has 2 aromatic heterocycles. The van der Waals surface area contributed by atoms with Gasteiger partial charge in [0.25, 0.3) is 5.91 Å². The van der Waals surface area contributed by atoms with Crippen LogP contribution in [0.3, 0.4) is 0 Å². The summed E-state index contributed by atoms with van der Waals surface area (Å²) >= 11 is 0. The Hall–Kier alpha value is -2.44. The van der Waals surface area contributed by atoms with Crippen LogP contribution in [0.15, 0.2) is 22.7 Å². The zero-order valence-electron chi connectivity index (χ0n) is 11.8. The molecule has 2 aromatic rings. The van der Waals surface area contributed by atoms with E-state index < -0.39 is 0 Å². The summed E-state index contributed by atoms with van der Waals surface area (Å²) in [6, 6.07) is 5.08. The number of anilines is 2. The Labute approximate surface area is 117 Å². The highest BCUT2D eigenvalue weighted by atomic mass is 16.5. The Morgan fingerprint density at radius 3 is 2.50 bits per heavy atom. The lowest BCUT2D eigenvalue weighted by molar-refractivity contribution is 0.0766. The average Bonchev–Trinajstić information content (AvgIpc) is 2.86. The summed E-state index contributed by atoms with van der Waals surface area (Å²) < 4.78 is 4.94. The monoisotopic (exact) mass is 275 g/mol. The summed E-state index contributed by atoms with van der Waals surface area (Å²) in [6.07, 6.45) is 0. The van der Waals surface area contributed by atoms with Crippen molar-refractivity contribution in [2.45, 2.75) is 20.8 Å². The first-order chi connectivity index (χ1) is 9.63. The van der Waals surface area contributed by atoms with E-state index >= 15 is 0 Å². The zero-order chi connectivity index (χ0) is 14.5. The molecule has 0 fully saturated rings. The van der Waals surface area contributed by atoms with Crippen molar-refractivity contribution in [2.75, 3.05) is 18.4 Å². The lowest BCUT2D eigenvalue weighted by Crippen LogP contribution is -2.31. The van der Waals surface area contributed by atoms with E-state index in [1.54, 1.807) is 30.0 Å². The van der Waals surface area contributed by atoms with Crippen LogP contribution in [-0.4, -0.2) is 39.3 Å². The maximum atomic E-state index is 12.1. The fraction of sp³-hybridized carbons (Fsp3) is 0.385. The molecule has 20 heavy (non-hydrogen) atoms. The third kappa shape index (κ3) is 3.11. The van der Waals surface area contributed by atoms with E-state index in [0.717, 1.165) is 0 Å². The van der Waals surface area contributed by atoms with E-state index in [0.29, 0.717) is 36.2 Å². The molecule has 2 heterocycles. The molecule has 2 rings (SSSR count). The summed E-state index contributed by atoms with van der Waals surface area (Å²) in [6.45, 7) is 6.95. The van der Waals surface area contributed by atoms with Crippen LogP contribution in [0, 0.1) is 6.92 Å². The lowest BCUT2D eigenvalue weighted by atomic mass is 10.3. The van der Waals surface area contributed by atoms with Gasteiger partial charge in [0.1, 0.15) is 5.76 Å². The molecule has 0 bridgehead atoms. The van der Waals surface area contributed by atoms with Gasteiger partial charge in [0.2, 0.25) is 0 Å². The number of carbonyl (C=O) groups excluding carboxylic acids is 1. The van der Waals surface area contributed by atoms with Gasteiger partial charge in [0, 0.05) is 19.2 Å². The molecule has 7 heteroatoms. The van der Waals surface area contributed by atoms with Gasteiger partial charge in [-0.2, -0.15) is 0 Å². The van der Waals surface area contributed by atoms with E-state index in [1.165, 1.54) is 0 Å². The fourth-order valence-electron chi connectivity index (χ4n) is 1.74. The van der Waals surface area contributed by atoms with Crippen LogP contribution in [0.25, 0.3) is 0 Å². The summed E-state index contributed by atoms with van der Waals surface area (Å²) in [5, 5.41) is 14.6. The second-order valence-corrected chi connectivity index (χ2v) is 4.23. The molecule has 0 aromatic carbocycles. The van der Waals surface area contributed by atoms with Crippen molar-refractivity contribution in [2.24, 2.45) is 0 Å². The largest absolute Gasteiger partial charge is 0.360 e. The predicted octanol–water partition coefficient (Wildman–Crippen LogP) is 2.00. The highest BCUT2D eigenvalue weighted by molar-refractivity contribution is 5.92. The molecule has 0 spiro atoms. The highest BCUT2D eigenvalue weighted by Crippen LogP contribution is 2.13. The summed E-state index contributed by atoms with van der Waals surface area (Å²) in [5.74, 6) is 1.65. The van der Waals surface area contributed by atoms with Crippen LogP contribution in [0.2, 0.25) is 0 Å². The molecule has 0 aliphatic heterocycles. The lowest BCUT2D eigenvalue weighted by Gasteiger charge is -2.17. The van der Waals surface area contributed by atoms with Crippen molar-refractivity contribution in [3.8, 4) is 0 Å². The van der Waals surface area contributed by atoms with Crippen molar-refractivity contribution >= 4 is 17.5 Å². The van der Waals surface area contributed by atoms with Gasteiger partial charge in [-0.05, 0) is 32.9 Å². The number of nitrogens with one attached hydrogen (secondary N) is 1. The molecule has 1 amide bonds. The van der Waals surface area contributed by atoms with Gasteiger partial charge in [-0.1, -0.05) is 5.16 Å². The summed E-state index contributed by atoms with van der Waals surface area (Å²) in [4.78, 5) is 13.7. The maximum Gasteiger partial charge on any atom is 0.274 e. The highest BCUT2D eigenvalue weighted by Gasteiger charge is 2.14. The number of aromatic nitrogens is 3. The van der Waals surface area contributed by atoms with Crippen LogP contribution < -0.4 is 5.32 Å². The van der Waals surface area contributed by atoms with Crippen molar-refractivity contribution in [1.82, 2.24) is 20.3 Å². The third-order valence-corrected chi connectivity index (χ3v) is 2.82. The molecule has 0 aliphatic rings. The molecule has 0 aliphatic carbocycles. The van der Waals surface area contributed by atoms with Gasteiger partial charge in [-0.25, -0.2) is 0 Å². The molecular weight excluding hydrogens is 258 g/mol. The summed E-state index contributed by atoms with van der Waals surface area (Å²) in [5.41, 5.74) is 0.329. The second-order valence-electron chi connectivity index (χ2n) is 4.23. The number of carbonyl (C=O) groups is 1. The molecule has 0 radical (unpaired) electrons. The first-order valence-electron chi connectivity index (χ1n) is 6.47. The van der Waals surface area contributed by atoms with E-state index in [4.69, 9.17) is 4.52 Å². The number of aryl methyl sites for hydroxylation is 1. The third-order valence-electron chi connectivity index (χ3n) is 2.82. The van der Waals surface area contributed by atoms with Crippen LogP contribution >= 0.6 is 0 Å². The zero-order valence-corrected chi connectivity index (χ0v) is 11.8. The minimum Gasteiger partial charge on any atom is -0.360 e. The van der Waals surface area contributed by atoms with Gasteiger partial charge in [0.05, 0.1) is 0 Å². The number of rotatable bonds is 5. The van der Waals surface area contributed by atoms with Crippen molar-refractivity contribution in [1.29, 1.82) is 0 Å². The van der Waals surface area contributed by atoms with E-state index in [2.05, 4.69) is 20.7 Å². The summed E-state index contributed by atoms with van der Waals surface area (Å²) in [7, 11) is 0. The molecule has 1 N–H and O–H groups in total. The Morgan fingerprint density at radius 2 is 2.00 bits per heavy atom. The van der Waals surface area contributed by atoms with Gasteiger partial charge < -0.3 is 14.7 Å². The molecular formula is C13H17N5O2. The van der Waals surface area contributed by atoms with E-state index in [1.807, 2.05) is 13.8 Å². The predicted molar refractivity (Wildman–Crippen MR) is 73.8 cm³/mol. The number of nitrogens with zero attached hydrogens (tertiary/aromatic N) is 4. The molecule has 0 saturated heterocycles. The molecule has 106 valence electrons. The van der Waals surface area contributed by atoms with Crippen LogP contribution in [0.5, 0.6) is 0 Å². The van der Waals surface area contributed by atoms with Crippen molar-refractivity contribution in [3.05, 3.63) is 29.7 Å². The average molecular weight is 275 g/mol. The Morgan fingerprint density at radius 1 is 1.25 bits per heavy atom. The molecule has 0 unspecified atom stereocenters. The fourth-order valence-corrected chi connectivity index (χ4v) is 1.74. The molecule has 0 atom stereocenters. The normalized spacial score (nSPS) is 10.3. The maximum absolute atomic E-state index is 12.1. The van der Waals surface area contributed by atoms with Crippen LogP contribution in [0.4, 0.5) is 11.6 Å². The Kier molecular flexibility index (Phi) is 4.29. The quantitative estimate of drug-likeness (QED) is 0.898. The topological polar surface area (TPSA) is 84.2 Å². The van der Waals surface area contributed by atoms with Crippen LogP contribution in [0.1, 0.15) is 30.1 Å². The van der Waals surface area contributed by atoms with Gasteiger partial charge >= 0.3 is 0 Å². The van der Waals surface area contributed by atoms with Gasteiger partial charge in [-0.15, -0.1) is 10.2 Å². The number of amides is 1. The number of hydrogen-bond acceptors (Lipinski definition) is 6. The van der Waals surface area contributed by atoms with Crippen LogP contribution in [-0.2, 0) is 0 Å². The van der Waals surface area contributed by atoms with E-state index in [9.17, 15) is 4.79 Å². The van der Waals surface area contributed by atoms with Crippen molar-refractivity contribution in [3.63, 3.8) is 0 Å². The smallest absolute Gasteiger partial charge is 0.274 e. The van der Waals surface area contributed by atoms with Gasteiger partial charge in [0.15, 0.2) is 17.3 Å². The number of hydrogen-bond donors (Lipinski definition) is 1. The Balaban J connectivity index is 2.08. The van der Waals surface area contributed by atoms with Gasteiger partial charge in [-0.3, -0.25) is 4.79 Å². The minimum absolute atomic E-state index is 0.119. The standard InChI is InChI=1S/C13H17N5O2/c1-4-18(5-2)13(19)10-6-7-11(16-15-10)14-12-8-9(3)20-17-12/h6-8H,4-5H2,1-3H3,(H,14,16,17). The van der Waals surface area contributed by atoms with Crippen molar-refractivity contribution < 1.29 is 9.32 Å². The molecule has 0 saturated carbocycles. The SMILES string of the molecule is CCN(CC)C(=O)c1ccc(Nc2cc(C)on2)nn1. The minimum atomic E-state index is -0.119. The Bertz CT molecular complexity index is 575.